The van der Waals surface area contributed by atoms with Crippen LogP contribution in [0.4, 0.5) is 9.18 Å². The van der Waals surface area contributed by atoms with E-state index in [1.165, 1.54) is 12.1 Å². The Morgan fingerprint density at radius 2 is 2.11 bits per heavy atom. The Labute approximate surface area is 209 Å². The minimum Gasteiger partial charge on any atom is -0.450 e. The number of pyridine rings is 2. The summed E-state index contributed by atoms with van der Waals surface area (Å²) in [6, 6.07) is 12.2. The number of hydrogen-bond acceptors (Lipinski definition) is 4. The highest BCUT2D eigenvalue weighted by atomic mass is 19.1. The van der Waals surface area contributed by atoms with E-state index < -0.39 is 0 Å². The zero-order valence-corrected chi connectivity index (χ0v) is 20.2. The molecule has 0 spiro atoms. The van der Waals surface area contributed by atoms with Crippen molar-refractivity contribution in [1.29, 1.82) is 0 Å². The smallest absolute Gasteiger partial charge is 0.407 e. The molecule has 3 aromatic rings. The number of aromatic nitrogens is 2. The third-order valence-corrected chi connectivity index (χ3v) is 7.41. The topological polar surface area (TPSA) is 84.1 Å². The van der Waals surface area contributed by atoms with Gasteiger partial charge in [-0.2, -0.15) is 0 Å². The molecule has 2 aromatic heterocycles. The average Bonchev–Trinajstić information content (AvgIpc) is 2.87. The first-order valence-electron chi connectivity index (χ1n) is 12.5. The van der Waals surface area contributed by atoms with Crippen LogP contribution in [0.15, 0.2) is 65.7 Å². The lowest BCUT2D eigenvalue weighted by atomic mass is 9.62. The van der Waals surface area contributed by atoms with Crippen molar-refractivity contribution >= 4 is 12.2 Å². The first-order chi connectivity index (χ1) is 17.5. The predicted molar refractivity (Wildman–Crippen MR) is 137 cm³/mol. The number of aromatic amines is 1. The van der Waals surface area contributed by atoms with Crippen LogP contribution in [0.2, 0.25) is 0 Å². The van der Waals surface area contributed by atoms with E-state index in [0.717, 1.165) is 53.6 Å². The molecule has 6 nitrogen and oxygen atoms in total. The third kappa shape index (κ3) is 5.25. The maximum absolute atomic E-state index is 13.6. The van der Waals surface area contributed by atoms with Crippen molar-refractivity contribution in [3.8, 4) is 11.1 Å². The van der Waals surface area contributed by atoms with Gasteiger partial charge in [-0.1, -0.05) is 24.3 Å². The van der Waals surface area contributed by atoms with Crippen LogP contribution in [0.3, 0.4) is 0 Å². The third-order valence-electron chi connectivity index (χ3n) is 7.41. The molecule has 36 heavy (non-hydrogen) atoms. The number of benzene rings is 1. The molecule has 0 bridgehead atoms. The summed E-state index contributed by atoms with van der Waals surface area (Å²) in [5.41, 5.74) is 4.58. The van der Waals surface area contributed by atoms with Gasteiger partial charge in [-0.15, -0.1) is 0 Å². The summed E-state index contributed by atoms with van der Waals surface area (Å²) < 4.78 is 18.7. The predicted octanol–water partition coefficient (Wildman–Crippen LogP) is 5.46. The molecule has 1 fully saturated rings. The molecular weight excluding hydrogens is 457 g/mol. The molecule has 1 saturated carbocycles. The zero-order valence-electron chi connectivity index (χ0n) is 20.2. The molecule has 0 unspecified atom stereocenters. The number of fused-ring (bicyclic) bond motifs is 2. The second-order valence-electron chi connectivity index (χ2n) is 9.65. The van der Waals surface area contributed by atoms with Gasteiger partial charge in [0.2, 0.25) is 5.56 Å². The van der Waals surface area contributed by atoms with Crippen molar-refractivity contribution < 1.29 is 13.9 Å². The van der Waals surface area contributed by atoms with Crippen LogP contribution in [0.5, 0.6) is 0 Å². The number of H-pyrrole nitrogens is 1. The number of allylic oxidation sites excluding steroid dienone is 1. The summed E-state index contributed by atoms with van der Waals surface area (Å²) in [6.45, 7) is 2.16. The Morgan fingerprint density at radius 1 is 1.22 bits per heavy atom. The van der Waals surface area contributed by atoms with Gasteiger partial charge in [0.05, 0.1) is 12.3 Å². The Kier molecular flexibility index (Phi) is 6.98. The summed E-state index contributed by atoms with van der Waals surface area (Å²) in [6.07, 6.45) is 11.0. The number of carbonyl (C=O) groups is 1. The quantitative estimate of drug-likeness (QED) is 0.501. The molecule has 2 aliphatic rings. The van der Waals surface area contributed by atoms with Gasteiger partial charge in [0.1, 0.15) is 5.82 Å². The summed E-state index contributed by atoms with van der Waals surface area (Å²) in [5, 5.41) is 3.01. The molecule has 2 aliphatic carbocycles. The number of rotatable bonds is 5. The summed E-state index contributed by atoms with van der Waals surface area (Å²) in [4.78, 5) is 31.5. The Balaban J connectivity index is 1.37. The maximum atomic E-state index is 13.6. The molecule has 0 aliphatic heterocycles. The monoisotopic (exact) mass is 487 g/mol. The van der Waals surface area contributed by atoms with Gasteiger partial charge in [0.25, 0.3) is 0 Å². The average molecular weight is 488 g/mol. The van der Waals surface area contributed by atoms with E-state index in [2.05, 4.69) is 21.4 Å². The van der Waals surface area contributed by atoms with Gasteiger partial charge in [-0.05, 0) is 85.4 Å². The van der Waals surface area contributed by atoms with Gasteiger partial charge < -0.3 is 15.0 Å². The minimum atomic E-state index is -0.356. The fourth-order valence-electron chi connectivity index (χ4n) is 5.77. The van der Waals surface area contributed by atoms with E-state index >= 15 is 0 Å². The van der Waals surface area contributed by atoms with Crippen LogP contribution in [-0.2, 0) is 11.2 Å². The van der Waals surface area contributed by atoms with Gasteiger partial charge in [-0.3, -0.25) is 9.78 Å². The first-order valence-corrected chi connectivity index (χ1v) is 12.5. The molecule has 186 valence electrons. The SMILES string of the molecule is CCOC(=O)N[C@@H]1CC[C@@H]2[C@H](Cc3c[nH]c(=O)cc3[C@H]2C=Cc2ccc(-c3cccc(F)c3)cn2)C1. The van der Waals surface area contributed by atoms with Crippen LogP contribution in [0, 0.1) is 17.7 Å². The van der Waals surface area contributed by atoms with Crippen LogP contribution in [-0.4, -0.2) is 28.7 Å². The van der Waals surface area contributed by atoms with E-state index in [9.17, 15) is 14.0 Å². The van der Waals surface area contributed by atoms with E-state index in [0.29, 0.717) is 18.4 Å². The van der Waals surface area contributed by atoms with Crippen molar-refractivity contribution in [2.75, 3.05) is 6.61 Å². The van der Waals surface area contributed by atoms with Gasteiger partial charge in [0, 0.05) is 36.0 Å². The number of carbonyl (C=O) groups excluding carboxylic acids is 1. The van der Waals surface area contributed by atoms with Crippen molar-refractivity contribution in [1.82, 2.24) is 15.3 Å². The van der Waals surface area contributed by atoms with E-state index in [4.69, 9.17) is 4.74 Å². The largest absolute Gasteiger partial charge is 0.450 e. The lowest BCUT2D eigenvalue weighted by Crippen LogP contribution is -2.44. The van der Waals surface area contributed by atoms with Crippen LogP contribution in [0.1, 0.15) is 48.9 Å². The zero-order chi connectivity index (χ0) is 25.1. The highest BCUT2D eigenvalue weighted by molar-refractivity contribution is 5.67. The van der Waals surface area contributed by atoms with Crippen molar-refractivity contribution in [2.24, 2.45) is 11.8 Å². The number of alkyl carbamates (subject to hydrolysis) is 1. The van der Waals surface area contributed by atoms with Crippen molar-refractivity contribution in [3.05, 3.63) is 93.9 Å². The molecule has 0 saturated heterocycles. The van der Waals surface area contributed by atoms with Crippen LogP contribution in [0.25, 0.3) is 17.2 Å². The summed E-state index contributed by atoms with van der Waals surface area (Å²) >= 11 is 0. The molecule has 7 heteroatoms. The fourth-order valence-corrected chi connectivity index (χ4v) is 5.77. The minimum absolute atomic E-state index is 0.0919. The molecule has 5 rings (SSSR count). The van der Waals surface area contributed by atoms with E-state index in [-0.39, 0.29) is 29.4 Å². The van der Waals surface area contributed by atoms with Crippen LogP contribution < -0.4 is 10.9 Å². The lowest BCUT2D eigenvalue weighted by molar-refractivity contribution is 0.129. The maximum Gasteiger partial charge on any atom is 0.407 e. The van der Waals surface area contributed by atoms with E-state index in [1.54, 1.807) is 25.3 Å². The summed E-state index contributed by atoms with van der Waals surface area (Å²) in [7, 11) is 0. The van der Waals surface area contributed by atoms with Gasteiger partial charge in [0.15, 0.2) is 0 Å². The molecular formula is C29H30FN3O3. The Bertz CT molecular complexity index is 1320. The number of amides is 1. The van der Waals surface area contributed by atoms with Crippen molar-refractivity contribution in [2.45, 2.75) is 44.6 Å². The van der Waals surface area contributed by atoms with Gasteiger partial charge in [-0.25, -0.2) is 9.18 Å². The second-order valence-corrected chi connectivity index (χ2v) is 9.65. The molecule has 0 radical (unpaired) electrons. The Morgan fingerprint density at radius 3 is 2.89 bits per heavy atom. The molecule has 1 amide bonds. The molecule has 1 aromatic carbocycles. The summed E-state index contributed by atoms with van der Waals surface area (Å²) in [5.74, 6) is 0.586. The second kappa shape index (κ2) is 10.5. The molecule has 2 N–H and O–H groups in total. The van der Waals surface area contributed by atoms with Crippen molar-refractivity contribution in [3.63, 3.8) is 0 Å². The van der Waals surface area contributed by atoms with Gasteiger partial charge >= 0.3 is 6.09 Å². The van der Waals surface area contributed by atoms with Crippen LogP contribution >= 0.6 is 0 Å². The fraction of sp³-hybridized carbons (Fsp3) is 0.345. The highest BCUT2D eigenvalue weighted by Gasteiger charge is 2.40. The Hall–Kier alpha value is -3.74. The highest BCUT2D eigenvalue weighted by Crippen LogP contribution is 2.47. The number of halogens is 1. The molecule has 4 atom stereocenters. The number of nitrogens with zero attached hydrogens (tertiary/aromatic N) is 1. The first kappa shape index (κ1) is 24.0. The number of ether oxygens (including phenoxy) is 1. The number of hydrogen-bond donors (Lipinski definition) is 2. The number of nitrogens with one attached hydrogen (secondary N) is 2. The normalized spacial score (nSPS) is 23.1. The van der Waals surface area contributed by atoms with E-state index in [1.807, 2.05) is 30.5 Å². The molecule has 2 heterocycles. The lowest BCUT2D eigenvalue weighted by Gasteiger charge is -2.44. The standard InChI is InChI=1S/C29H30FN3O3/c1-2-36-29(35)33-24-9-10-25-20(14-24)12-21-17-32-28(34)15-27(21)26(25)11-8-23-7-6-19(16-31-23)18-4-3-5-22(30)13-18/h3-8,11,13,15-17,20,24-26H,2,9-10,12,14H2,1H3,(H,32,34)(H,33,35)/t20-,24-,25-,26+/m1/s1.